The Bertz CT molecular complexity index is 813. The fraction of sp³-hybridized carbons (Fsp3) is 0.474. The second-order valence-electron chi connectivity index (χ2n) is 7.80. The molecule has 1 aromatic carbocycles. The molecule has 1 aliphatic rings. The molecule has 8 heteroatoms. The monoisotopic (exact) mass is 393 g/mol. The van der Waals surface area contributed by atoms with Gasteiger partial charge in [-0.15, -0.1) is 0 Å². The van der Waals surface area contributed by atoms with Crippen molar-refractivity contribution in [1.82, 2.24) is 10.2 Å². The molecule has 1 aromatic rings. The largest absolute Gasteiger partial charge is 0.350 e. The molecule has 0 aliphatic carbocycles. The molecule has 0 bridgehead atoms. The molecule has 0 saturated heterocycles. The van der Waals surface area contributed by atoms with E-state index in [1.165, 1.54) is 11.0 Å². The van der Waals surface area contributed by atoms with Crippen LogP contribution in [0.15, 0.2) is 41.8 Å². The Morgan fingerprint density at radius 3 is 2.30 bits per heavy atom. The molecule has 1 heterocycles. The van der Waals surface area contributed by atoms with Crippen LogP contribution in [-0.2, 0) is 19.4 Å². The fourth-order valence-electron chi connectivity index (χ4n) is 2.90. The van der Waals surface area contributed by atoms with Crippen LogP contribution in [0.25, 0.3) is 0 Å². The van der Waals surface area contributed by atoms with Crippen LogP contribution in [0.2, 0.25) is 0 Å². The van der Waals surface area contributed by atoms with E-state index in [9.17, 15) is 18.0 Å². The number of carbonyl (C=O) groups excluding carboxylic acids is 2. The maximum atomic E-state index is 12.9. The summed E-state index contributed by atoms with van der Waals surface area (Å²) >= 11 is 0. The summed E-state index contributed by atoms with van der Waals surface area (Å²) in [6, 6.07) is 8.40. The Morgan fingerprint density at radius 2 is 1.78 bits per heavy atom. The average Bonchev–Trinajstić information content (AvgIpc) is 2.86. The number of sulfone groups is 1. The van der Waals surface area contributed by atoms with Gasteiger partial charge in [0.05, 0.1) is 24.9 Å². The lowest BCUT2D eigenvalue weighted by Gasteiger charge is -2.30. The molecule has 2 amide bonds. The standard InChI is InChI=1S/C19H27N3O4S/c1-19(2,3)20-17(23)12-21(4)13-18(24)22(15-8-6-5-7-9-15)16-10-11-27(25,26)14-16/h5-11,16H,12-14H2,1-4H3,(H,20,23)/t16-/m0/s1. The summed E-state index contributed by atoms with van der Waals surface area (Å²) in [6.45, 7) is 5.74. The number of anilines is 1. The van der Waals surface area contributed by atoms with Gasteiger partial charge in [-0.1, -0.05) is 18.2 Å². The molecule has 0 unspecified atom stereocenters. The second-order valence-corrected chi connectivity index (χ2v) is 9.73. The third-order valence-corrected chi connectivity index (χ3v) is 5.26. The second kappa shape index (κ2) is 8.22. The molecular formula is C19H27N3O4S. The zero-order valence-electron chi connectivity index (χ0n) is 16.2. The number of benzene rings is 1. The number of nitrogens with zero attached hydrogens (tertiary/aromatic N) is 2. The zero-order chi connectivity index (χ0) is 20.2. The van der Waals surface area contributed by atoms with Crippen LogP contribution < -0.4 is 10.2 Å². The minimum Gasteiger partial charge on any atom is -0.350 e. The summed E-state index contributed by atoms with van der Waals surface area (Å²) in [7, 11) is -1.62. The Labute approximate surface area is 160 Å². The highest BCUT2D eigenvalue weighted by atomic mass is 32.2. The number of carbonyl (C=O) groups is 2. The van der Waals surface area contributed by atoms with E-state index >= 15 is 0 Å². The lowest BCUT2D eigenvalue weighted by molar-refractivity contribution is -0.124. The topological polar surface area (TPSA) is 86.8 Å². The van der Waals surface area contributed by atoms with E-state index in [-0.39, 0.29) is 36.2 Å². The van der Waals surface area contributed by atoms with Crippen LogP contribution in [0, 0.1) is 0 Å². The van der Waals surface area contributed by atoms with Gasteiger partial charge < -0.3 is 10.2 Å². The first-order valence-corrected chi connectivity index (χ1v) is 10.5. The van der Waals surface area contributed by atoms with Gasteiger partial charge >= 0.3 is 0 Å². The van der Waals surface area contributed by atoms with Gasteiger partial charge in [-0.3, -0.25) is 14.5 Å². The third-order valence-electron chi connectivity index (χ3n) is 3.88. The molecule has 0 aromatic heterocycles. The van der Waals surface area contributed by atoms with Crippen molar-refractivity contribution in [2.24, 2.45) is 0 Å². The van der Waals surface area contributed by atoms with Crippen molar-refractivity contribution in [3.8, 4) is 0 Å². The molecular weight excluding hydrogens is 366 g/mol. The molecule has 2 rings (SSSR count). The number of nitrogens with one attached hydrogen (secondary N) is 1. The highest BCUT2D eigenvalue weighted by Gasteiger charge is 2.31. The molecule has 0 fully saturated rings. The summed E-state index contributed by atoms with van der Waals surface area (Å²) in [5.74, 6) is -0.576. The molecule has 7 nitrogen and oxygen atoms in total. The number of rotatable bonds is 6. The van der Waals surface area contributed by atoms with Crippen molar-refractivity contribution in [2.75, 3.05) is 30.8 Å². The Hall–Kier alpha value is -2.19. The highest BCUT2D eigenvalue weighted by molar-refractivity contribution is 7.94. The maximum Gasteiger partial charge on any atom is 0.241 e. The summed E-state index contributed by atoms with van der Waals surface area (Å²) < 4.78 is 23.6. The number of amides is 2. The Balaban J connectivity index is 2.11. The highest BCUT2D eigenvalue weighted by Crippen LogP contribution is 2.22. The first-order chi connectivity index (χ1) is 12.5. The smallest absolute Gasteiger partial charge is 0.241 e. The van der Waals surface area contributed by atoms with Crippen molar-refractivity contribution in [3.05, 3.63) is 41.8 Å². The van der Waals surface area contributed by atoms with Gasteiger partial charge in [0.25, 0.3) is 0 Å². The minimum atomic E-state index is -3.30. The van der Waals surface area contributed by atoms with E-state index in [1.54, 1.807) is 36.2 Å². The summed E-state index contributed by atoms with van der Waals surface area (Å²) in [5, 5.41) is 4.01. The zero-order valence-corrected chi connectivity index (χ0v) is 17.0. The minimum absolute atomic E-state index is 0.00313. The van der Waals surface area contributed by atoms with Crippen molar-refractivity contribution in [3.63, 3.8) is 0 Å². The van der Waals surface area contributed by atoms with Crippen LogP contribution in [-0.4, -0.2) is 62.6 Å². The lowest BCUT2D eigenvalue weighted by atomic mass is 10.1. The van der Waals surface area contributed by atoms with E-state index in [0.717, 1.165) is 5.41 Å². The van der Waals surface area contributed by atoms with Crippen LogP contribution in [0.5, 0.6) is 0 Å². The number of hydrogen-bond acceptors (Lipinski definition) is 5. The summed E-state index contributed by atoms with van der Waals surface area (Å²) in [6.07, 6.45) is 1.53. The van der Waals surface area contributed by atoms with Gasteiger partial charge in [0.2, 0.25) is 11.8 Å². The Morgan fingerprint density at radius 1 is 1.15 bits per heavy atom. The predicted octanol–water partition coefficient (Wildman–Crippen LogP) is 1.18. The average molecular weight is 394 g/mol. The lowest BCUT2D eigenvalue weighted by Crippen LogP contribution is -2.49. The Kier molecular flexibility index (Phi) is 6.43. The number of hydrogen-bond donors (Lipinski definition) is 1. The summed E-state index contributed by atoms with van der Waals surface area (Å²) in [4.78, 5) is 28.1. The van der Waals surface area contributed by atoms with E-state index < -0.39 is 15.9 Å². The normalized spacial score (nSPS) is 18.5. The molecule has 0 radical (unpaired) electrons. The van der Waals surface area contributed by atoms with E-state index in [0.29, 0.717) is 5.69 Å². The quantitative estimate of drug-likeness (QED) is 0.784. The SMILES string of the molecule is CN(CC(=O)NC(C)(C)C)CC(=O)N(c1ccccc1)[C@H]1C=CS(=O)(=O)C1. The van der Waals surface area contributed by atoms with Crippen LogP contribution in [0.1, 0.15) is 20.8 Å². The van der Waals surface area contributed by atoms with E-state index in [2.05, 4.69) is 5.32 Å². The maximum absolute atomic E-state index is 12.9. The third kappa shape index (κ3) is 6.48. The molecule has 27 heavy (non-hydrogen) atoms. The van der Waals surface area contributed by atoms with E-state index in [4.69, 9.17) is 0 Å². The number of para-hydroxylation sites is 1. The first kappa shape index (κ1) is 21.1. The van der Waals surface area contributed by atoms with Crippen LogP contribution in [0.3, 0.4) is 0 Å². The van der Waals surface area contributed by atoms with Gasteiger partial charge in [0, 0.05) is 16.6 Å². The van der Waals surface area contributed by atoms with Crippen molar-refractivity contribution in [2.45, 2.75) is 32.4 Å². The first-order valence-electron chi connectivity index (χ1n) is 8.74. The van der Waals surface area contributed by atoms with E-state index in [1.807, 2.05) is 26.8 Å². The molecule has 1 atom stereocenters. The van der Waals surface area contributed by atoms with Gasteiger partial charge in [-0.05, 0) is 46.0 Å². The van der Waals surface area contributed by atoms with Gasteiger partial charge in [0.15, 0.2) is 9.84 Å². The fourth-order valence-corrected chi connectivity index (χ4v) is 4.16. The van der Waals surface area contributed by atoms with Crippen molar-refractivity contribution >= 4 is 27.3 Å². The summed E-state index contributed by atoms with van der Waals surface area (Å²) in [5.41, 5.74) is 0.280. The molecule has 0 saturated carbocycles. The van der Waals surface area contributed by atoms with Crippen LogP contribution in [0.4, 0.5) is 5.69 Å². The number of likely N-dealkylation sites (N-methyl/N-ethyl adjacent to an activating group) is 1. The molecule has 1 N–H and O–H groups in total. The van der Waals surface area contributed by atoms with Crippen LogP contribution >= 0.6 is 0 Å². The molecule has 148 valence electrons. The van der Waals surface area contributed by atoms with Crippen molar-refractivity contribution < 1.29 is 18.0 Å². The molecule has 1 aliphatic heterocycles. The van der Waals surface area contributed by atoms with Gasteiger partial charge in [-0.25, -0.2) is 8.42 Å². The van der Waals surface area contributed by atoms with Gasteiger partial charge in [0.1, 0.15) is 0 Å². The van der Waals surface area contributed by atoms with Crippen molar-refractivity contribution in [1.29, 1.82) is 0 Å². The predicted molar refractivity (Wildman–Crippen MR) is 106 cm³/mol. The molecule has 0 spiro atoms. The van der Waals surface area contributed by atoms with Gasteiger partial charge in [-0.2, -0.15) is 0 Å².